The van der Waals surface area contributed by atoms with Gasteiger partial charge in [-0.3, -0.25) is 0 Å². The van der Waals surface area contributed by atoms with E-state index in [1.54, 1.807) is 4.90 Å². The van der Waals surface area contributed by atoms with Crippen LogP contribution in [0.15, 0.2) is 5.16 Å². The molecule has 100 valence electrons. The van der Waals surface area contributed by atoms with Gasteiger partial charge in [0, 0.05) is 24.5 Å². The van der Waals surface area contributed by atoms with E-state index in [1.165, 1.54) is 0 Å². The number of nitrogens with one attached hydrogen (secondary N) is 1. The Labute approximate surface area is 103 Å². The molecule has 0 rings (SSSR count). The third-order valence-electron chi connectivity index (χ3n) is 2.27. The quantitative estimate of drug-likeness (QED) is 0.300. The molecule has 0 bridgehead atoms. The van der Waals surface area contributed by atoms with Crippen LogP contribution >= 0.6 is 0 Å². The van der Waals surface area contributed by atoms with Crippen molar-refractivity contribution in [2.24, 2.45) is 16.8 Å². The van der Waals surface area contributed by atoms with Crippen LogP contribution in [-0.4, -0.2) is 40.6 Å². The normalized spacial score (nSPS) is 14.3. The van der Waals surface area contributed by atoms with Crippen molar-refractivity contribution in [3.8, 4) is 0 Å². The summed E-state index contributed by atoms with van der Waals surface area (Å²) in [7, 11) is 0. The molecule has 0 aromatic carbocycles. The molecule has 0 saturated carbocycles. The molecule has 6 nitrogen and oxygen atoms in total. The summed E-state index contributed by atoms with van der Waals surface area (Å²) in [6.45, 7) is 10.5. The van der Waals surface area contributed by atoms with E-state index in [9.17, 15) is 4.79 Å². The smallest absolute Gasteiger partial charge is 0.317 e. The minimum atomic E-state index is -0.273. The van der Waals surface area contributed by atoms with E-state index >= 15 is 0 Å². The van der Waals surface area contributed by atoms with Gasteiger partial charge in [-0.1, -0.05) is 12.1 Å². The Bertz CT molecular complexity index is 284. The van der Waals surface area contributed by atoms with Gasteiger partial charge >= 0.3 is 6.03 Å². The maximum absolute atomic E-state index is 11.9. The number of hydrogen-bond acceptors (Lipinski definition) is 3. The lowest BCUT2D eigenvalue weighted by Crippen LogP contribution is -2.50. The molecule has 0 radical (unpaired) electrons. The Morgan fingerprint density at radius 1 is 1.53 bits per heavy atom. The SMILES string of the molecule is CCN(CC(C)C(N)=NO)C(=O)NC(C)(C)C. The lowest BCUT2D eigenvalue weighted by atomic mass is 10.1. The molecule has 0 spiro atoms. The summed E-state index contributed by atoms with van der Waals surface area (Å²) in [6, 6.07) is -0.141. The zero-order valence-electron chi connectivity index (χ0n) is 11.3. The van der Waals surface area contributed by atoms with Gasteiger partial charge in [0.05, 0.1) is 0 Å². The fourth-order valence-corrected chi connectivity index (χ4v) is 1.28. The molecule has 0 aliphatic heterocycles. The van der Waals surface area contributed by atoms with Crippen molar-refractivity contribution in [1.29, 1.82) is 0 Å². The Balaban J connectivity index is 4.48. The van der Waals surface area contributed by atoms with E-state index in [0.29, 0.717) is 13.1 Å². The van der Waals surface area contributed by atoms with Crippen molar-refractivity contribution < 1.29 is 10.0 Å². The van der Waals surface area contributed by atoms with Crippen molar-refractivity contribution in [1.82, 2.24) is 10.2 Å². The van der Waals surface area contributed by atoms with E-state index in [0.717, 1.165) is 0 Å². The van der Waals surface area contributed by atoms with Crippen LogP contribution in [0.1, 0.15) is 34.6 Å². The zero-order chi connectivity index (χ0) is 13.6. The molecule has 0 aliphatic rings. The summed E-state index contributed by atoms with van der Waals surface area (Å²) in [5, 5.41) is 14.4. The predicted octanol–water partition coefficient (Wildman–Crippen LogP) is 1.20. The van der Waals surface area contributed by atoms with Gasteiger partial charge in [-0.25, -0.2) is 4.79 Å². The summed E-state index contributed by atoms with van der Waals surface area (Å²) in [5.41, 5.74) is 5.22. The number of oxime groups is 1. The van der Waals surface area contributed by atoms with Gasteiger partial charge in [-0.05, 0) is 27.7 Å². The Morgan fingerprint density at radius 3 is 2.41 bits per heavy atom. The van der Waals surface area contributed by atoms with E-state index in [2.05, 4.69) is 10.5 Å². The van der Waals surface area contributed by atoms with Gasteiger partial charge in [0.15, 0.2) is 0 Å². The zero-order valence-corrected chi connectivity index (χ0v) is 11.3. The summed E-state index contributed by atoms with van der Waals surface area (Å²) in [4.78, 5) is 13.5. The van der Waals surface area contributed by atoms with Crippen LogP contribution in [0.5, 0.6) is 0 Å². The van der Waals surface area contributed by atoms with Crippen LogP contribution in [0.4, 0.5) is 4.79 Å². The van der Waals surface area contributed by atoms with E-state index in [1.807, 2.05) is 34.6 Å². The minimum Gasteiger partial charge on any atom is -0.409 e. The first-order chi connectivity index (χ1) is 7.71. The number of amides is 2. The number of amidine groups is 1. The van der Waals surface area contributed by atoms with Crippen LogP contribution in [-0.2, 0) is 0 Å². The Hall–Kier alpha value is -1.46. The second kappa shape index (κ2) is 6.32. The Morgan fingerprint density at radius 2 is 2.06 bits per heavy atom. The fourth-order valence-electron chi connectivity index (χ4n) is 1.28. The Kier molecular flexibility index (Phi) is 5.78. The van der Waals surface area contributed by atoms with Crippen molar-refractivity contribution >= 4 is 11.9 Å². The number of hydrogen-bond donors (Lipinski definition) is 3. The van der Waals surface area contributed by atoms with Gasteiger partial charge in [0.1, 0.15) is 5.84 Å². The standard InChI is InChI=1S/C11H24N4O2/c1-6-15(7-8(2)9(12)14-17)10(16)13-11(3,4)5/h8,17H,6-7H2,1-5H3,(H2,12,14)(H,13,16). The molecule has 0 aliphatic carbocycles. The monoisotopic (exact) mass is 244 g/mol. The van der Waals surface area contributed by atoms with Crippen molar-refractivity contribution in [2.75, 3.05) is 13.1 Å². The van der Waals surface area contributed by atoms with Crippen LogP contribution in [0.3, 0.4) is 0 Å². The highest BCUT2D eigenvalue weighted by Crippen LogP contribution is 2.04. The lowest BCUT2D eigenvalue weighted by Gasteiger charge is -2.29. The van der Waals surface area contributed by atoms with Gasteiger partial charge in [0.2, 0.25) is 0 Å². The van der Waals surface area contributed by atoms with Crippen LogP contribution in [0.25, 0.3) is 0 Å². The molecule has 0 aromatic heterocycles. The summed E-state index contributed by atoms with van der Waals surface area (Å²) < 4.78 is 0. The van der Waals surface area contributed by atoms with E-state index in [-0.39, 0.29) is 23.3 Å². The number of carbonyl (C=O) groups is 1. The second-order valence-electron chi connectivity index (χ2n) is 5.14. The fraction of sp³-hybridized carbons (Fsp3) is 0.818. The van der Waals surface area contributed by atoms with Crippen molar-refractivity contribution in [2.45, 2.75) is 40.2 Å². The van der Waals surface area contributed by atoms with Crippen LogP contribution in [0.2, 0.25) is 0 Å². The lowest BCUT2D eigenvalue weighted by molar-refractivity contribution is 0.187. The highest BCUT2D eigenvalue weighted by atomic mass is 16.4. The van der Waals surface area contributed by atoms with E-state index < -0.39 is 0 Å². The number of carbonyl (C=O) groups excluding carboxylic acids is 1. The molecule has 1 atom stereocenters. The average Bonchev–Trinajstić information content (AvgIpc) is 2.21. The molecule has 0 heterocycles. The average molecular weight is 244 g/mol. The second-order valence-corrected chi connectivity index (χ2v) is 5.14. The highest BCUT2D eigenvalue weighted by molar-refractivity contribution is 5.83. The largest absolute Gasteiger partial charge is 0.409 e. The van der Waals surface area contributed by atoms with Gasteiger partial charge < -0.3 is 21.2 Å². The molecule has 6 heteroatoms. The number of nitrogens with two attached hydrogens (primary N) is 1. The topological polar surface area (TPSA) is 90.9 Å². The molecule has 1 unspecified atom stereocenters. The van der Waals surface area contributed by atoms with Gasteiger partial charge in [-0.2, -0.15) is 0 Å². The first-order valence-electron chi connectivity index (χ1n) is 5.75. The van der Waals surface area contributed by atoms with Crippen molar-refractivity contribution in [3.05, 3.63) is 0 Å². The van der Waals surface area contributed by atoms with E-state index in [4.69, 9.17) is 10.9 Å². The first-order valence-corrected chi connectivity index (χ1v) is 5.75. The predicted molar refractivity (Wildman–Crippen MR) is 68.1 cm³/mol. The van der Waals surface area contributed by atoms with Crippen LogP contribution in [0, 0.1) is 5.92 Å². The maximum atomic E-state index is 11.9. The summed E-state index contributed by atoms with van der Waals surface area (Å²) >= 11 is 0. The summed E-state index contributed by atoms with van der Waals surface area (Å²) in [5.74, 6) is -0.0438. The summed E-state index contributed by atoms with van der Waals surface area (Å²) in [6.07, 6.45) is 0. The third-order valence-corrected chi connectivity index (χ3v) is 2.27. The molecule has 0 aromatic rings. The molecular formula is C11H24N4O2. The molecular weight excluding hydrogens is 220 g/mol. The minimum absolute atomic E-state index is 0.131. The maximum Gasteiger partial charge on any atom is 0.317 e. The molecule has 0 saturated heterocycles. The molecule has 0 fully saturated rings. The molecule has 17 heavy (non-hydrogen) atoms. The number of rotatable bonds is 4. The highest BCUT2D eigenvalue weighted by Gasteiger charge is 2.21. The van der Waals surface area contributed by atoms with Crippen molar-refractivity contribution in [3.63, 3.8) is 0 Å². The van der Waals surface area contributed by atoms with Gasteiger partial charge in [0.25, 0.3) is 0 Å². The third kappa shape index (κ3) is 5.99. The van der Waals surface area contributed by atoms with Crippen LogP contribution < -0.4 is 11.1 Å². The number of nitrogens with zero attached hydrogens (tertiary/aromatic N) is 2. The van der Waals surface area contributed by atoms with Gasteiger partial charge in [-0.15, -0.1) is 0 Å². The molecule has 2 amide bonds. The first kappa shape index (κ1) is 15.5. The molecule has 4 N–H and O–H groups in total. The number of urea groups is 1.